The second kappa shape index (κ2) is 6.33. The van der Waals surface area contributed by atoms with Gasteiger partial charge in [-0.3, -0.25) is 0 Å². The van der Waals surface area contributed by atoms with E-state index < -0.39 is 0 Å². The Bertz CT molecular complexity index is 384. The maximum Gasteiger partial charge on any atom is 0.0542 e. The molecule has 1 fully saturated rings. The Hall–Kier alpha value is 0.110. The van der Waals surface area contributed by atoms with Crippen molar-refractivity contribution in [3.8, 4) is 0 Å². The zero-order chi connectivity index (χ0) is 12.3. The molecule has 0 radical (unpaired) electrons. The third-order valence-corrected chi connectivity index (χ3v) is 5.09. The normalized spacial score (nSPS) is 24.2. The Balaban J connectivity index is 1.95. The molecule has 0 aromatic heterocycles. The van der Waals surface area contributed by atoms with Crippen LogP contribution in [-0.4, -0.2) is 17.8 Å². The van der Waals surface area contributed by atoms with Gasteiger partial charge in [-0.15, -0.1) is 11.8 Å². The molecule has 0 bridgehead atoms. The molecule has 0 spiro atoms. The number of hydrogen-bond donors (Lipinski definition) is 1. The number of benzene rings is 1. The molecule has 1 nitrogen and oxygen atoms in total. The highest BCUT2D eigenvalue weighted by molar-refractivity contribution is 8.00. The Morgan fingerprint density at radius 1 is 1.35 bits per heavy atom. The van der Waals surface area contributed by atoms with E-state index in [9.17, 15) is 0 Å². The van der Waals surface area contributed by atoms with E-state index in [4.69, 9.17) is 23.2 Å². The highest BCUT2D eigenvalue weighted by Crippen LogP contribution is 2.39. The molecule has 1 N–H and O–H groups in total. The summed E-state index contributed by atoms with van der Waals surface area (Å²) in [5.41, 5.74) is 0. The predicted molar refractivity (Wildman–Crippen MR) is 77.4 cm³/mol. The fourth-order valence-corrected chi connectivity index (χ4v) is 4.07. The van der Waals surface area contributed by atoms with E-state index in [0.29, 0.717) is 11.3 Å². The molecule has 0 amide bonds. The minimum absolute atomic E-state index is 0.662. The highest BCUT2D eigenvalue weighted by atomic mass is 35.5. The SMILES string of the molecule is CCNC1CCC(Sc2cc(Cl)ccc2Cl)C1. The summed E-state index contributed by atoms with van der Waals surface area (Å²) in [5.74, 6) is 0. The van der Waals surface area contributed by atoms with Crippen molar-refractivity contribution in [2.75, 3.05) is 6.54 Å². The van der Waals surface area contributed by atoms with Gasteiger partial charge in [0, 0.05) is 21.2 Å². The zero-order valence-electron chi connectivity index (χ0n) is 9.88. The summed E-state index contributed by atoms with van der Waals surface area (Å²) in [6.07, 6.45) is 3.75. The minimum Gasteiger partial charge on any atom is -0.314 e. The molecular weight excluding hydrogens is 273 g/mol. The summed E-state index contributed by atoms with van der Waals surface area (Å²) >= 11 is 14.0. The number of nitrogens with one attached hydrogen (secondary N) is 1. The predicted octanol–water partition coefficient (Wildman–Crippen LogP) is 4.62. The lowest BCUT2D eigenvalue weighted by Gasteiger charge is -2.12. The van der Waals surface area contributed by atoms with Crippen molar-refractivity contribution < 1.29 is 0 Å². The molecule has 1 aromatic carbocycles. The van der Waals surface area contributed by atoms with E-state index in [-0.39, 0.29) is 0 Å². The van der Waals surface area contributed by atoms with Gasteiger partial charge in [0.25, 0.3) is 0 Å². The molecule has 17 heavy (non-hydrogen) atoms. The van der Waals surface area contributed by atoms with Crippen molar-refractivity contribution in [3.63, 3.8) is 0 Å². The van der Waals surface area contributed by atoms with E-state index in [1.165, 1.54) is 19.3 Å². The van der Waals surface area contributed by atoms with Crippen molar-refractivity contribution >= 4 is 35.0 Å². The lowest BCUT2D eigenvalue weighted by molar-refractivity contribution is 0.543. The number of hydrogen-bond acceptors (Lipinski definition) is 2. The molecule has 2 atom stereocenters. The molecule has 0 aliphatic heterocycles. The second-order valence-electron chi connectivity index (χ2n) is 4.38. The molecule has 1 saturated carbocycles. The summed E-state index contributed by atoms with van der Waals surface area (Å²) in [7, 11) is 0. The van der Waals surface area contributed by atoms with Crippen LogP contribution in [0.15, 0.2) is 23.1 Å². The van der Waals surface area contributed by atoms with Crippen LogP contribution in [0.3, 0.4) is 0 Å². The van der Waals surface area contributed by atoms with E-state index in [0.717, 1.165) is 21.5 Å². The zero-order valence-corrected chi connectivity index (χ0v) is 12.2. The molecule has 2 unspecified atom stereocenters. The minimum atomic E-state index is 0.662. The molecule has 1 aliphatic rings. The molecule has 94 valence electrons. The quantitative estimate of drug-likeness (QED) is 0.868. The van der Waals surface area contributed by atoms with E-state index in [1.54, 1.807) is 0 Å². The number of rotatable bonds is 4. The van der Waals surface area contributed by atoms with Gasteiger partial charge in [-0.1, -0.05) is 30.1 Å². The van der Waals surface area contributed by atoms with Crippen molar-refractivity contribution in [1.82, 2.24) is 5.32 Å². The summed E-state index contributed by atoms with van der Waals surface area (Å²) in [5, 5.41) is 5.75. The van der Waals surface area contributed by atoms with Gasteiger partial charge in [0.15, 0.2) is 0 Å². The van der Waals surface area contributed by atoms with E-state index in [1.807, 2.05) is 30.0 Å². The monoisotopic (exact) mass is 289 g/mol. The average Bonchev–Trinajstić information content (AvgIpc) is 2.72. The molecule has 0 heterocycles. The van der Waals surface area contributed by atoms with Crippen LogP contribution < -0.4 is 5.32 Å². The third kappa shape index (κ3) is 3.78. The fraction of sp³-hybridized carbons (Fsp3) is 0.538. The largest absolute Gasteiger partial charge is 0.314 e. The summed E-state index contributed by atoms with van der Waals surface area (Å²) in [6, 6.07) is 6.36. The van der Waals surface area contributed by atoms with Crippen LogP contribution in [-0.2, 0) is 0 Å². The van der Waals surface area contributed by atoms with Gasteiger partial charge in [-0.25, -0.2) is 0 Å². The van der Waals surface area contributed by atoms with Gasteiger partial charge in [0.05, 0.1) is 5.02 Å². The summed E-state index contributed by atoms with van der Waals surface area (Å²) in [4.78, 5) is 1.11. The molecule has 1 aliphatic carbocycles. The first kappa shape index (κ1) is 13.5. The second-order valence-corrected chi connectivity index (χ2v) is 6.57. The first-order valence-corrected chi connectivity index (χ1v) is 7.67. The van der Waals surface area contributed by atoms with Gasteiger partial charge in [-0.05, 0) is 44.0 Å². The topological polar surface area (TPSA) is 12.0 Å². The lowest BCUT2D eigenvalue weighted by atomic mass is 10.2. The van der Waals surface area contributed by atoms with Gasteiger partial charge in [-0.2, -0.15) is 0 Å². The lowest BCUT2D eigenvalue weighted by Crippen LogP contribution is -2.26. The molecular formula is C13H17Cl2NS. The maximum atomic E-state index is 6.18. The van der Waals surface area contributed by atoms with Crippen molar-refractivity contribution in [1.29, 1.82) is 0 Å². The Morgan fingerprint density at radius 2 is 2.18 bits per heavy atom. The molecule has 0 saturated heterocycles. The maximum absolute atomic E-state index is 6.18. The van der Waals surface area contributed by atoms with Crippen LogP contribution in [0.2, 0.25) is 10.0 Å². The highest BCUT2D eigenvalue weighted by Gasteiger charge is 2.25. The summed E-state index contributed by atoms with van der Waals surface area (Å²) in [6.45, 7) is 3.22. The van der Waals surface area contributed by atoms with Crippen molar-refractivity contribution in [2.45, 2.75) is 42.4 Å². The van der Waals surface area contributed by atoms with E-state index >= 15 is 0 Å². The van der Waals surface area contributed by atoms with Crippen LogP contribution in [0.4, 0.5) is 0 Å². The number of halogens is 2. The van der Waals surface area contributed by atoms with Crippen molar-refractivity contribution in [3.05, 3.63) is 28.2 Å². The first-order valence-electron chi connectivity index (χ1n) is 6.04. The Labute approximate surface area is 117 Å². The van der Waals surface area contributed by atoms with Crippen LogP contribution in [0.1, 0.15) is 26.2 Å². The Kier molecular flexibility index (Phi) is 5.04. The van der Waals surface area contributed by atoms with Gasteiger partial charge in [0.2, 0.25) is 0 Å². The number of thioether (sulfide) groups is 1. The van der Waals surface area contributed by atoms with Crippen LogP contribution in [0, 0.1) is 0 Å². The Morgan fingerprint density at radius 3 is 2.94 bits per heavy atom. The smallest absolute Gasteiger partial charge is 0.0542 e. The van der Waals surface area contributed by atoms with Gasteiger partial charge in [0.1, 0.15) is 0 Å². The average molecular weight is 290 g/mol. The standard InChI is InChI=1S/C13H17Cl2NS/c1-2-16-10-4-5-11(8-10)17-13-7-9(14)3-6-12(13)15/h3,6-7,10-11,16H,2,4-5,8H2,1H3. The van der Waals surface area contributed by atoms with Crippen molar-refractivity contribution in [2.24, 2.45) is 0 Å². The third-order valence-electron chi connectivity index (χ3n) is 3.06. The first-order chi connectivity index (χ1) is 8.19. The van der Waals surface area contributed by atoms with Gasteiger partial charge >= 0.3 is 0 Å². The summed E-state index contributed by atoms with van der Waals surface area (Å²) < 4.78 is 0. The molecule has 1 aromatic rings. The van der Waals surface area contributed by atoms with Crippen LogP contribution >= 0.6 is 35.0 Å². The molecule has 2 rings (SSSR count). The fourth-order valence-electron chi connectivity index (χ4n) is 2.27. The van der Waals surface area contributed by atoms with Gasteiger partial charge < -0.3 is 5.32 Å². The van der Waals surface area contributed by atoms with Crippen LogP contribution in [0.25, 0.3) is 0 Å². The molecule has 4 heteroatoms. The van der Waals surface area contributed by atoms with Crippen LogP contribution in [0.5, 0.6) is 0 Å². The van der Waals surface area contributed by atoms with E-state index in [2.05, 4.69) is 12.2 Å².